The predicted octanol–water partition coefficient (Wildman–Crippen LogP) is -0.346. The number of para-hydroxylation sites is 2. The molecule has 2 aliphatic rings. The molecule has 24 heavy (non-hydrogen) atoms. The van der Waals surface area contributed by atoms with Crippen LogP contribution in [0.4, 0.5) is 5.69 Å². The van der Waals surface area contributed by atoms with Crippen LogP contribution in [0.25, 0.3) is 0 Å². The second-order valence-electron chi connectivity index (χ2n) is 6.76. The summed E-state index contributed by atoms with van der Waals surface area (Å²) in [4.78, 5) is 3.59. The first kappa shape index (κ1) is 17.5. The van der Waals surface area contributed by atoms with Gasteiger partial charge in [-0.3, -0.25) is 0 Å². The molecule has 0 aromatic heterocycles. The van der Waals surface area contributed by atoms with Crippen LogP contribution in [0.2, 0.25) is 0 Å². The first-order valence-corrected chi connectivity index (χ1v) is 8.96. The number of nitrogens with zero attached hydrogens (tertiary/aromatic N) is 1. The van der Waals surface area contributed by atoms with Crippen LogP contribution in [0.3, 0.4) is 0 Å². The minimum atomic E-state index is -0.432. The number of piperazine rings is 1. The van der Waals surface area contributed by atoms with Crippen LogP contribution in [0.1, 0.15) is 12.8 Å². The van der Waals surface area contributed by atoms with Gasteiger partial charge in [-0.05, 0) is 25.0 Å². The van der Waals surface area contributed by atoms with Crippen LogP contribution < -0.4 is 9.80 Å². The van der Waals surface area contributed by atoms with Gasteiger partial charge in [0, 0.05) is 6.61 Å². The molecule has 134 valence electrons. The number of ether oxygens (including phenoxy) is 2. The Bertz CT molecular complexity index is 500. The number of nitrogens with one attached hydrogen (secondary N) is 1. The van der Waals surface area contributed by atoms with E-state index in [-0.39, 0.29) is 6.10 Å². The average Bonchev–Trinajstić information content (AvgIpc) is 3.10. The summed E-state index contributed by atoms with van der Waals surface area (Å²) in [6, 6.07) is 7.47. The van der Waals surface area contributed by atoms with Crippen molar-refractivity contribution in [2.24, 2.45) is 0 Å². The Morgan fingerprint density at radius 1 is 1.29 bits per heavy atom. The molecule has 2 heterocycles. The number of aliphatic hydroxyl groups excluding tert-OH is 1. The molecule has 0 aliphatic carbocycles. The Labute approximate surface area is 143 Å². The van der Waals surface area contributed by atoms with E-state index in [1.807, 2.05) is 18.2 Å². The Balaban J connectivity index is 1.35. The first-order chi connectivity index (χ1) is 11.7. The summed E-state index contributed by atoms with van der Waals surface area (Å²) >= 11 is 0. The molecule has 2 aliphatic heterocycles. The topological polar surface area (TPSA) is 66.6 Å². The molecule has 0 amide bonds. The predicted molar refractivity (Wildman–Crippen MR) is 91.7 cm³/mol. The van der Waals surface area contributed by atoms with Gasteiger partial charge in [-0.1, -0.05) is 12.1 Å². The lowest BCUT2D eigenvalue weighted by Crippen LogP contribution is -3.16. The summed E-state index contributed by atoms with van der Waals surface area (Å²) in [7, 11) is 0. The number of rotatable bonds is 7. The van der Waals surface area contributed by atoms with Crippen molar-refractivity contribution < 1.29 is 24.6 Å². The molecule has 3 rings (SSSR count). The molecule has 0 unspecified atom stereocenters. The zero-order valence-corrected chi connectivity index (χ0v) is 14.2. The van der Waals surface area contributed by atoms with Crippen molar-refractivity contribution >= 4 is 5.69 Å². The third-order valence-corrected chi connectivity index (χ3v) is 4.86. The molecule has 6 nitrogen and oxygen atoms in total. The molecular formula is C18H29N2O4+. The largest absolute Gasteiger partial charge is 0.506 e. The number of phenolic OH excluding ortho intramolecular Hbond substituents is 1. The number of anilines is 1. The van der Waals surface area contributed by atoms with Crippen LogP contribution in [0.5, 0.6) is 5.75 Å². The molecule has 0 radical (unpaired) electrons. The number of hydrogen-bond acceptors (Lipinski definition) is 5. The maximum Gasteiger partial charge on any atom is 0.138 e. The SMILES string of the molecule is Oc1ccccc1N1CC[NH+](C[C@@H](O)COC[C@@H]2CCCO2)CC1. The fraction of sp³-hybridized carbons (Fsp3) is 0.667. The molecule has 0 bridgehead atoms. The van der Waals surface area contributed by atoms with Gasteiger partial charge in [-0.25, -0.2) is 0 Å². The lowest BCUT2D eigenvalue weighted by Gasteiger charge is -2.34. The van der Waals surface area contributed by atoms with Gasteiger partial charge in [0.25, 0.3) is 0 Å². The lowest BCUT2D eigenvalue weighted by atomic mass is 10.2. The lowest BCUT2D eigenvalue weighted by molar-refractivity contribution is -0.903. The van der Waals surface area contributed by atoms with Crippen LogP contribution >= 0.6 is 0 Å². The van der Waals surface area contributed by atoms with Crippen LogP contribution in [-0.4, -0.2) is 75.0 Å². The van der Waals surface area contributed by atoms with Crippen molar-refractivity contribution in [3.63, 3.8) is 0 Å². The van der Waals surface area contributed by atoms with E-state index < -0.39 is 6.10 Å². The number of benzene rings is 1. The maximum absolute atomic E-state index is 10.2. The highest BCUT2D eigenvalue weighted by Gasteiger charge is 2.24. The molecule has 2 saturated heterocycles. The zero-order chi connectivity index (χ0) is 16.8. The van der Waals surface area contributed by atoms with Gasteiger partial charge in [0.15, 0.2) is 0 Å². The van der Waals surface area contributed by atoms with Crippen molar-refractivity contribution in [2.45, 2.75) is 25.0 Å². The molecule has 2 fully saturated rings. The average molecular weight is 337 g/mol. The highest BCUT2D eigenvalue weighted by atomic mass is 16.5. The van der Waals surface area contributed by atoms with Crippen LogP contribution in [-0.2, 0) is 9.47 Å². The zero-order valence-electron chi connectivity index (χ0n) is 14.2. The Morgan fingerprint density at radius 2 is 2.08 bits per heavy atom. The smallest absolute Gasteiger partial charge is 0.138 e. The molecule has 1 aromatic rings. The maximum atomic E-state index is 10.2. The highest BCUT2D eigenvalue weighted by Crippen LogP contribution is 2.25. The van der Waals surface area contributed by atoms with Crippen molar-refractivity contribution in [1.82, 2.24) is 0 Å². The summed E-state index contributed by atoms with van der Waals surface area (Å²) in [5, 5.41) is 20.1. The van der Waals surface area contributed by atoms with Crippen molar-refractivity contribution in [3.05, 3.63) is 24.3 Å². The van der Waals surface area contributed by atoms with E-state index in [1.54, 1.807) is 6.07 Å². The second kappa shape index (κ2) is 8.67. The summed E-state index contributed by atoms with van der Waals surface area (Å²) in [5.74, 6) is 0.337. The molecule has 2 atom stereocenters. The minimum Gasteiger partial charge on any atom is -0.506 e. The number of hydrogen-bond donors (Lipinski definition) is 3. The third kappa shape index (κ3) is 4.83. The molecule has 1 aromatic carbocycles. The molecule has 3 N–H and O–H groups in total. The summed E-state index contributed by atoms with van der Waals surface area (Å²) in [6.07, 6.45) is 1.96. The van der Waals surface area contributed by atoms with E-state index in [0.29, 0.717) is 25.5 Å². The molecule has 0 saturated carbocycles. The Morgan fingerprint density at radius 3 is 2.79 bits per heavy atom. The van der Waals surface area contributed by atoms with E-state index in [1.165, 1.54) is 4.90 Å². The van der Waals surface area contributed by atoms with Gasteiger partial charge in [-0.15, -0.1) is 0 Å². The summed E-state index contributed by atoms with van der Waals surface area (Å²) in [6.45, 7) is 6.20. The second-order valence-corrected chi connectivity index (χ2v) is 6.76. The van der Waals surface area contributed by atoms with E-state index in [0.717, 1.165) is 51.3 Å². The van der Waals surface area contributed by atoms with Gasteiger partial charge in [0.1, 0.15) is 18.4 Å². The van der Waals surface area contributed by atoms with Gasteiger partial charge in [0.2, 0.25) is 0 Å². The number of quaternary nitrogens is 1. The standard InChI is InChI=1S/C18H28N2O4/c21-15(13-23-14-16-4-3-11-24-16)12-19-7-9-20(10-8-19)17-5-1-2-6-18(17)22/h1-2,5-6,15-16,21-22H,3-4,7-14H2/p+1/t15-,16+/m1/s1. The summed E-state index contributed by atoms with van der Waals surface area (Å²) in [5.41, 5.74) is 0.900. The molecule has 6 heteroatoms. The van der Waals surface area contributed by atoms with Gasteiger partial charge < -0.3 is 29.5 Å². The number of aromatic hydroxyl groups is 1. The Hall–Kier alpha value is -1.34. The minimum absolute atomic E-state index is 0.214. The third-order valence-electron chi connectivity index (χ3n) is 4.86. The Kier molecular flexibility index (Phi) is 6.31. The van der Waals surface area contributed by atoms with E-state index >= 15 is 0 Å². The molecule has 0 spiro atoms. The monoisotopic (exact) mass is 337 g/mol. The van der Waals surface area contributed by atoms with Crippen LogP contribution in [0.15, 0.2) is 24.3 Å². The van der Waals surface area contributed by atoms with E-state index in [4.69, 9.17) is 9.47 Å². The van der Waals surface area contributed by atoms with Crippen molar-refractivity contribution in [2.75, 3.05) is 57.4 Å². The normalized spacial score (nSPS) is 23.5. The van der Waals surface area contributed by atoms with E-state index in [2.05, 4.69) is 4.90 Å². The number of phenols is 1. The van der Waals surface area contributed by atoms with Gasteiger partial charge in [0.05, 0.1) is 51.2 Å². The summed E-state index contributed by atoms with van der Waals surface area (Å²) < 4.78 is 11.1. The molecular weight excluding hydrogens is 308 g/mol. The van der Waals surface area contributed by atoms with Crippen LogP contribution in [0, 0.1) is 0 Å². The van der Waals surface area contributed by atoms with E-state index in [9.17, 15) is 10.2 Å². The quantitative estimate of drug-likeness (QED) is 0.635. The number of aliphatic hydroxyl groups is 1. The van der Waals surface area contributed by atoms with Crippen molar-refractivity contribution in [3.8, 4) is 5.75 Å². The van der Waals surface area contributed by atoms with Crippen molar-refractivity contribution in [1.29, 1.82) is 0 Å². The fourth-order valence-electron chi connectivity index (χ4n) is 3.50. The van der Waals surface area contributed by atoms with Gasteiger partial charge in [-0.2, -0.15) is 0 Å². The fourth-order valence-corrected chi connectivity index (χ4v) is 3.50. The first-order valence-electron chi connectivity index (χ1n) is 8.96. The van der Waals surface area contributed by atoms with Gasteiger partial charge >= 0.3 is 0 Å². The highest BCUT2D eigenvalue weighted by molar-refractivity contribution is 5.57.